The summed E-state index contributed by atoms with van der Waals surface area (Å²) in [5, 5.41) is 10.0. The molecular formula is C21H30N4O. The molecule has 2 aromatic carbocycles. The zero-order chi connectivity index (χ0) is 18.6. The minimum atomic E-state index is 0.666. The predicted octanol–water partition coefficient (Wildman–Crippen LogP) is 3.31. The van der Waals surface area contributed by atoms with E-state index in [1.807, 2.05) is 0 Å². The van der Waals surface area contributed by atoms with Crippen LogP contribution in [0.1, 0.15) is 23.6 Å². The van der Waals surface area contributed by atoms with Gasteiger partial charge in [0.15, 0.2) is 5.96 Å². The van der Waals surface area contributed by atoms with Gasteiger partial charge in [-0.05, 0) is 37.1 Å². The first kappa shape index (κ1) is 19.8. The molecule has 0 aliphatic heterocycles. The summed E-state index contributed by atoms with van der Waals surface area (Å²) in [4.78, 5) is 4.68. The molecule has 26 heavy (non-hydrogen) atoms. The van der Waals surface area contributed by atoms with Gasteiger partial charge >= 0.3 is 0 Å². The highest BCUT2D eigenvalue weighted by atomic mass is 16.5. The quantitative estimate of drug-likeness (QED) is 0.367. The van der Waals surface area contributed by atoms with Gasteiger partial charge in [-0.15, -0.1) is 0 Å². The Balaban J connectivity index is 1.88. The van der Waals surface area contributed by atoms with E-state index in [1.165, 1.54) is 16.7 Å². The Bertz CT molecular complexity index is 683. The van der Waals surface area contributed by atoms with Crippen LogP contribution in [-0.4, -0.2) is 32.8 Å². The maximum absolute atomic E-state index is 5.04. The van der Waals surface area contributed by atoms with Crippen LogP contribution in [0.2, 0.25) is 0 Å². The molecule has 140 valence electrons. The van der Waals surface area contributed by atoms with Gasteiger partial charge in [-0.25, -0.2) is 4.99 Å². The molecule has 0 atom stereocenters. The fourth-order valence-corrected chi connectivity index (χ4v) is 2.55. The molecule has 2 rings (SSSR count). The Hall–Kier alpha value is -2.53. The predicted molar refractivity (Wildman–Crippen MR) is 110 cm³/mol. The van der Waals surface area contributed by atoms with Crippen molar-refractivity contribution >= 4 is 11.6 Å². The van der Waals surface area contributed by atoms with E-state index in [1.54, 1.807) is 7.11 Å². The highest BCUT2D eigenvalue weighted by Gasteiger charge is 2.00. The first-order valence-electron chi connectivity index (χ1n) is 9.10. The van der Waals surface area contributed by atoms with Crippen LogP contribution in [0.4, 0.5) is 5.69 Å². The number of aryl methyl sites for hydroxylation is 1. The smallest absolute Gasteiger partial charge is 0.191 e. The second kappa shape index (κ2) is 11.2. The van der Waals surface area contributed by atoms with Gasteiger partial charge in [0.25, 0.3) is 0 Å². The summed E-state index contributed by atoms with van der Waals surface area (Å²) in [6.07, 6.45) is 0. The van der Waals surface area contributed by atoms with Gasteiger partial charge in [0, 0.05) is 32.4 Å². The summed E-state index contributed by atoms with van der Waals surface area (Å²) in [7, 11) is 1.71. The Labute approximate surface area is 156 Å². The normalized spacial score (nSPS) is 11.3. The van der Waals surface area contributed by atoms with Crippen molar-refractivity contribution in [3.05, 3.63) is 65.2 Å². The van der Waals surface area contributed by atoms with Crippen molar-refractivity contribution in [3.8, 4) is 0 Å². The van der Waals surface area contributed by atoms with E-state index in [9.17, 15) is 0 Å². The molecular weight excluding hydrogens is 324 g/mol. The van der Waals surface area contributed by atoms with Gasteiger partial charge in [0.05, 0.1) is 13.2 Å². The number of rotatable bonds is 9. The lowest BCUT2D eigenvalue weighted by Gasteiger charge is -2.12. The molecule has 0 aromatic heterocycles. The average Bonchev–Trinajstić information content (AvgIpc) is 2.65. The molecule has 0 radical (unpaired) electrons. The number of nitrogens with one attached hydrogen (secondary N) is 3. The maximum Gasteiger partial charge on any atom is 0.191 e. The van der Waals surface area contributed by atoms with Crippen molar-refractivity contribution in [2.45, 2.75) is 26.9 Å². The molecule has 0 bridgehead atoms. The van der Waals surface area contributed by atoms with E-state index < -0.39 is 0 Å². The molecule has 5 heteroatoms. The number of benzene rings is 2. The second-order valence-electron chi connectivity index (χ2n) is 6.15. The van der Waals surface area contributed by atoms with Crippen molar-refractivity contribution < 1.29 is 4.74 Å². The summed E-state index contributed by atoms with van der Waals surface area (Å²) in [5.41, 5.74) is 4.79. The number of methoxy groups -OCH3 is 1. The van der Waals surface area contributed by atoms with E-state index in [2.05, 4.69) is 83.3 Å². The van der Waals surface area contributed by atoms with Crippen molar-refractivity contribution in [2.24, 2.45) is 4.99 Å². The summed E-state index contributed by atoms with van der Waals surface area (Å²) >= 11 is 0. The lowest BCUT2D eigenvalue weighted by molar-refractivity contribution is 0.211. The van der Waals surface area contributed by atoms with Crippen molar-refractivity contribution in [2.75, 3.05) is 32.1 Å². The SMILES string of the molecule is CCNC(=NCc1cccc(C)c1)NCc1ccc(NCCOC)cc1. The van der Waals surface area contributed by atoms with Crippen LogP contribution in [0.25, 0.3) is 0 Å². The monoisotopic (exact) mass is 354 g/mol. The topological polar surface area (TPSA) is 57.7 Å². The molecule has 0 saturated heterocycles. The molecule has 0 aliphatic carbocycles. The Morgan fingerprint density at radius 3 is 2.54 bits per heavy atom. The van der Waals surface area contributed by atoms with Gasteiger partial charge in [-0.1, -0.05) is 42.0 Å². The third-order valence-corrected chi connectivity index (χ3v) is 3.90. The van der Waals surface area contributed by atoms with Crippen LogP contribution < -0.4 is 16.0 Å². The van der Waals surface area contributed by atoms with Crippen LogP contribution in [0.5, 0.6) is 0 Å². The minimum absolute atomic E-state index is 0.666. The van der Waals surface area contributed by atoms with Crippen molar-refractivity contribution in [3.63, 3.8) is 0 Å². The second-order valence-corrected chi connectivity index (χ2v) is 6.15. The maximum atomic E-state index is 5.04. The number of hydrogen-bond acceptors (Lipinski definition) is 3. The number of anilines is 1. The highest BCUT2D eigenvalue weighted by molar-refractivity contribution is 5.79. The lowest BCUT2D eigenvalue weighted by Crippen LogP contribution is -2.36. The van der Waals surface area contributed by atoms with Crippen LogP contribution in [0.3, 0.4) is 0 Å². The van der Waals surface area contributed by atoms with Gasteiger partial charge < -0.3 is 20.7 Å². The molecule has 3 N–H and O–H groups in total. The van der Waals surface area contributed by atoms with Gasteiger partial charge in [-0.2, -0.15) is 0 Å². The van der Waals surface area contributed by atoms with Gasteiger partial charge in [0.1, 0.15) is 0 Å². The Morgan fingerprint density at radius 1 is 1.04 bits per heavy atom. The molecule has 0 heterocycles. The van der Waals surface area contributed by atoms with E-state index >= 15 is 0 Å². The van der Waals surface area contributed by atoms with E-state index in [0.29, 0.717) is 13.2 Å². The standard InChI is InChI=1S/C21H30N4O/c1-4-22-21(25-16-19-7-5-6-17(2)14-19)24-15-18-8-10-20(11-9-18)23-12-13-26-3/h5-11,14,23H,4,12-13,15-16H2,1-3H3,(H2,22,24,25). The van der Waals surface area contributed by atoms with Crippen molar-refractivity contribution in [1.29, 1.82) is 0 Å². The number of guanidine groups is 1. The number of nitrogens with zero attached hydrogens (tertiary/aromatic N) is 1. The first-order valence-corrected chi connectivity index (χ1v) is 9.10. The van der Waals surface area contributed by atoms with Crippen LogP contribution >= 0.6 is 0 Å². The number of aliphatic imine (C=N–C) groups is 1. The highest BCUT2D eigenvalue weighted by Crippen LogP contribution is 2.09. The zero-order valence-corrected chi connectivity index (χ0v) is 16.0. The van der Waals surface area contributed by atoms with Crippen molar-refractivity contribution in [1.82, 2.24) is 10.6 Å². The molecule has 0 unspecified atom stereocenters. The Kier molecular flexibility index (Phi) is 8.49. The van der Waals surface area contributed by atoms with E-state index in [0.717, 1.165) is 31.3 Å². The molecule has 0 amide bonds. The molecule has 0 spiro atoms. The molecule has 0 saturated carbocycles. The number of hydrogen-bond donors (Lipinski definition) is 3. The van der Waals surface area contributed by atoms with Crippen LogP contribution in [0, 0.1) is 6.92 Å². The van der Waals surface area contributed by atoms with Gasteiger partial charge in [0.2, 0.25) is 0 Å². The molecule has 2 aromatic rings. The first-order chi connectivity index (χ1) is 12.7. The minimum Gasteiger partial charge on any atom is -0.383 e. The summed E-state index contributed by atoms with van der Waals surface area (Å²) < 4.78 is 5.04. The molecule has 0 fully saturated rings. The fraction of sp³-hybridized carbons (Fsp3) is 0.381. The van der Waals surface area contributed by atoms with Crippen LogP contribution in [0.15, 0.2) is 53.5 Å². The van der Waals surface area contributed by atoms with E-state index in [4.69, 9.17) is 4.74 Å². The molecule has 0 aliphatic rings. The van der Waals surface area contributed by atoms with E-state index in [-0.39, 0.29) is 0 Å². The number of ether oxygens (including phenoxy) is 1. The summed E-state index contributed by atoms with van der Waals surface area (Å²) in [6.45, 7) is 7.92. The Morgan fingerprint density at radius 2 is 1.85 bits per heavy atom. The lowest BCUT2D eigenvalue weighted by atomic mass is 10.1. The third-order valence-electron chi connectivity index (χ3n) is 3.90. The largest absolute Gasteiger partial charge is 0.383 e. The summed E-state index contributed by atoms with van der Waals surface area (Å²) in [6, 6.07) is 16.9. The summed E-state index contributed by atoms with van der Waals surface area (Å²) in [5.74, 6) is 0.830. The fourth-order valence-electron chi connectivity index (χ4n) is 2.55. The van der Waals surface area contributed by atoms with Gasteiger partial charge in [-0.3, -0.25) is 0 Å². The molecule has 5 nitrogen and oxygen atoms in total. The zero-order valence-electron chi connectivity index (χ0n) is 16.0. The third kappa shape index (κ3) is 7.15. The average molecular weight is 354 g/mol. The van der Waals surface area contributed by atoms with Crippen LogP contribution in [-0.2, 0) is 17.8 Å².